The number of hydrogen-bond acceptors (Lipinski definition) is 1. The smallest absolute Gasteiger partial charge is 0.141 e. The predicted octanol–water partition coefficient (Wildman–Crippen LogP) is 1.29. The number of hydrogen-bond donors (Lipinski definition) is 1. The number of nitrogens with two attached hydrogens (primary N) is 1. The van der Waals surface area contributed by atoms with Crippen molar-refractivity contribution < 1.29 is 4.39 Å². The summed E-state index contributed by atoms with van der Waals surface area (Å²) in [6.07, 6.45) is 5.51. The molecule has 1 nitrogen and oxygen atoms in total. The van der Waals surface area contributed by atoms with Crippen molar-refractivity contribution in [1.82, 2.24) is 0 Å². The maximum atomic E-state index is 12.2. The zero-order valence-corrected chi connectivity index (χ0v) is 4.39. The van der Waals surface area contributed by atoms with Crippen molar-refractivity contribution in [2.45, 2.75) is 6.42 Å². The molecular weight excluding hydrogens is 105 g/mol. The third-order valence-corrected chi connectivity index (χ3v) is 1.01. The Hall–Kier alpha value is -0.790. The lowest BCUT2D eigenvalue weighted by atomic mass is 10.1. The summed E-state index contributed by atoms with van der Waals surface area (Å²) < 4.78 is 12.2. The quantitative estimate of drug-likeness (QED) is 0.502. The molecule has 0 aliphatic heterocycles. The van der Waals surface area contributed by atoms with Crippen LogP contribution in [0.5, 0.6) is 0 Å². The maximum absolute atomic E-state index is 12.2. The van der Waals surface area contributed by atoms with Crippen molar-refractivity contribution >= 4 is 0 Å². The fourth-order valence-electron chi connectivity index (χ4n) is 0.560. The van der Waals surface area contributed by atoms with E-state index in [1.165, 1.54) is 6.08 Å². The van der Waals surface area contributed by atoms with Gasteiger partial charge in [-0.3, -0.25) is 0 Å². The Labute approximate surface area is 47.7 Å². The summed E-state index contributed by atoms with van der Waals surface area (Å²) in [4.78, 5) is 0. The molecule has 1 aliphatic rings. The van der Waals surface area contributed by atoms with Crippen LogP contribution in [0.15, 0.2) is 23.7 Å². The van der Waals surface area contributed by atoms with Crippen LogP contribution in [0, 0.1) is 6.42 Å². The van der Waals surface area contributed by atoms with E-state index in [4.69, 9.17) is 5.73 Å². The summed E-state index contributed by atoms with van der Waals surface area (Å²) in [5.74, 6) is -0.323. The molecule has 0 saturated carbocycles. The van der Waals surface area contributed by atoms with Crippen LogP contribution in [-0.4, -0.2) is 0 Å². The van der Waals surface area contributed by atoms with Crippen LogP contribution >= 0.6 is 0 Å². The summed E-state index contributed by atoms with van der Waals surface area (Å²) in [5.41, 5.74) is 5.43. The lowest BCUT2D eigenvalue weighted by Gasteiger charge is -2.02. The largest absolute Gasteiger partial charge is 0.399 e. The maximum Gasteiger partial charge on any atom is 0.141 e. The topological polar surface area (TPSA) is 26.0 Å². The van der Waals surface area contributed by atoms with Gasteiger partial charge in [0.15, 0.2) is 0 Å². The van der Waals surface area contributed by atoms with E-state index in [0.717, 1.165) is 6.42 Å². The molecule has 0 saturated heterocycles. The monoisotopic (exact) mass is 112 g/mol. The molecule has 0 unspecified atom stereocenters. The first-order valence-electron chi connectivity index (χ1n) is 2.45. The summed E-state index contributed by atoms with van der Waals surface area (Å²) in [6.45, 7) is 0. The first kappa shape index (κ1) is 5.35. The van der Waals surface area contributed by atoms with Gasteiger partial charge in [0, 0.05) is 12.1 Å². The highest BCUT2D eigenvalue weighted by Gasteiger charge is 2.01. The van der Waals surface area contributed by atoms with Gasteiger partial charge in [-0.25, -0.2) is 4.39 Å². The number of halogens is 1. The molecule has 0 atom stereocenters. The first-order valence-corrected chi connectivity index (χ1v) is 2.45. The molecule has 1 aliphatic carbocycles. The molecule has 0 amide bonds. The minimum Gasteiger partial charge on any atom is -0.399 e. The zero-order chi connectivity index (χ0) is 5.98. The highest BCUT2D eigenvalue weighted by molar-refractivity contribution is 5.28. The Balaban J connectivity index is 2.76. The van der Waals surface area contributed by atoms with Crippen molar-refractivity contribution in [3.63, 3.8) is 0 Å². The molecule has 0 heterocycles. The normalized spacial score (nSPS) is 19.6. The van der Waals surface area contributed by atoms with E-state index in [9.17, 15) is 4.39 Å². The molecule has 1 rings (SSSR count). The summed E-state index contributed by atoms with van der Waals surface area (Å²) in [6, 6.07) is 0. The van der Waals surface area contributed by atoms with Crippen LogP contribution < -0.4 is 5.73 Å². The Morgan fingerprint density at radius 3 is 2.75 bits per heavy atom. The lowest BCUT2D eigenvalue weighted by Crippen LogP contribution is -2.01. The van der Waals surface area contributed by atoms with Gasteiger partial charge in [0.25, 0.3) is 0 Å². The lowest BCUT2D eigenvalue weighted by molar-refractivity contribution is 0.648. The molecule has 43 valence electrons. The second-order valence-electron chi connectivity index (χ2n) is 1.65. The molecule has 0 bridgehead atoms. The fraction of sp³-hybridized carbons (Fsp3) is 0.167. The van der Waals surface area contributed by atoms with E-state index >= 15 is 0 Å². The van der Waals surface area contributed by atoms with Gasteiger partial charge in [-0.05, 0) is 12.5 Å². The van der Waals surface area contributed by atoms with E-state index in [2.05, 4.69) is 0 Å². The minimum absolute atomic E-state index is 0.257. The van der Waals surface area contributed by atoms with E-state index in [-0.39, 0.29) is 11.5 Å². The zero-order valence-electron chi connectivity index (χ0n) is 4.39. The molecule has 2 heteroatoms. The predicted molar refractivity (Wildman–Crippen MR) is 30.4 cm³/mol. The number of allylic oxidation sites excluding steroid dienone is 4. The van der Waals surface area contributed by atoms with E-state index in [0.29, 0.717) is 0 Å². The van der Waals surface area contributed by atoms with Gasteiger partial charge in [-0.2, -0.15) is 0 Å². The fourth-order valence-corrected chi connectivity index (χ4v) is 0.560. The second-order valence-corrected chi connectivity index (χ2v) is 1.65. The van der Waals surface area contributed by atoms with Crippen molar-refractivity contribution in [3.8, 4) is 0 Å². The van der Waals surface area contributed by atoms with E-state index < -0.39 is 0 Å². The SMILES string of the molecule is NC1=C(F)C=CC[CH]1. The van der Waals surface area contributed by atoms with E-state index in [1.54, 1.807) is 12.5 Å². The molecule has 0 fully saturated rings. The Bertz CT molecular complexity index is 147. The third-order valence-electron chi connectivity index (χ3n) is 1.01. The second kappa shape index (κ2) is 1.99. The molecule has 1 radical (unpaired) electrons. The molecular formula is C6H7FN. The Morgan fingerprint density at radius 2 is 2.38 bits per heavy atom. The van der Waals surface area contributed by atoms with Crippen LogP contribution in [0.1, 0.15) is 6.42 Å². The van der Waals surface area contributed by atoms with Crippen molar-refractivity contribution in [2.75, 3.05) is 0 Å². The summed E-state index contributed by atoms with van der Waals surface area (Å²) in [5, 5.41) is 0. The van der Waals surface area contributed by atoms with Gasteiger partial charge in [-0.1, -0.05) is 6.08 Å². The number of rotatable bonds is 0. The molecule has 2 N–H and O–H groups in total. The van der Waals surface area contributed by atoms with Crippen LogP contribution in [0.3, 0.4) is 0 Å². The van der Waals surface area contributed by atoms with Crippen molar-refractivity contribution in [2.24, 2.45) is 5.73 Å². The highest BCUT2D eigenvalue weighted by atomic mass is 19.1. The van der Waals surface area contributed by atoms with Gasteiger partial charge in [0.2, 0.25) is 0 Å². The van der Waals surface area contributed by atoms with E-state index in [1.807, 2.05) is 0 Å². The molecule has 0 spiro atoms. The Morgan fingerprint density at radius 1 is 1.62 bits per heavy atom. The van der Waals surface area contributed by atoms with Crippen LogP contribution in [0.25, 0.3) is 0 Å². The van der Waals surface area contributed by atoms with Gasteiger partial charge in [0.05, 0.1) is 0 Å². The van der Waals surface area contributed by atoms with Gasteiger partial charge < -0.3 is 5.73 Å². The molecule has 0 aromatic heterocycles. The Kier molecular flexibility index (Phi) is 1.33. The van der Waals surface area contributed by atoms with Crippen LogP contribution in [-0.2, 0) is 0 Å². The highest BCUT2D eigenvalue weighted by Crippen LogP contribution is 2.13. The van der Waals surface area contributed by atoms with Crippen molar-refractivity contribution in [3.05, 3.63) is 30.1 Å². The van der Waals surface area contributed by atoms with Crippen LogP contribution in [0.2, 0.25) is 0 Å². The molecule has 8 heavy (non-hydrogen) atoms. The summed E-state index contributed by atoms with van der Waals surface area (Å²) in [7, 11) is 0. The molecule has 0 aromatic carbocycles. The standard InChI is InChI=1S/C6H7FN/c7-5-3-1-2-4-6(5)8/h1,3-4H,2,8H2. The third kappa shape index (κ3) is 0.886. The van der Waals surface area contributed by atoms with Crippen molar-refractivity contribution in [1.29, 1.82) is 0 Å². The van der Waals surface area contributed by atoms with Gasteiger partial charge in [0.1, 0.15) is 5.83 Å². The van der Waals surface area contributed by atoms with Crippen LogP contribution in [0.4, 0.5) is 4.39 Å². The average molecular weight is 112 g/mol. The molecule has 0 aromatic rings. The van der Waals surface area contributed by atoms with Gasteiger partial charge >= 0.3 is 0 Å². The summed E-state index contributed by atoms with van der Waals surface area (Å²) >= 11 is 0. The van der Waals surface area contributed by atoms with Gasteiger partial charge in [-0.15, -0.1) is 0 Å². The minimum atomic E-state index is -0.323. The first-order chi connectivity index (χ1) is 3.80. The average Bonchev–Trinajstić information content (AvgIpc) is 1.77.